The summed E-state index contributed by atoms with van der Waals surface area (Å²) in [5.41, 5.74) is 0. The Labute approximate surface area is 103 Å². The van der Waals surface area contributed by atoms with Crippen molar-refractivity contribution >= 4 is 33.2 Å². The largest absolute Gasteiger partial charge is 0.480 e. The van der Waals surface area contributed by atoms with Gasteiger partial charge in [-0.1, -0.05) is 0 Å². The molecular formula is C8H7BrN4O2S. The molecule has 0 aliphatic carbocycles. The van der Waals surface area contributed by atoms with Crippen LogP contribution in [-0.2, 0) is 4.79 Å². The number of halogens is 1. The fourth-order valence-electron chi connectivity index (χ4n) is 1.16. The van der Waals surface area contributed by atoms with Crippen molar-refractivity contribution in [1.29, 1.82) is 0 Å². The zero-order valence-corrected chi connectivity index (χ0v) is 10.6. The number of hydrogen-bond donors (Lipinski definition) is 1. The third-order valence-corrected chi connectivity index (χ3v) is 3.87. The highest BCUT2D eigenvalue weighted by Gasteiger charge is 2.21. The Bertz CT molecular complexity index is 524. The molecule has 0 aliphatic rings. The summed E-state index contributed by atoms with van der Waals surface area (Å²) in [6.07, 6.45) is 0. The van der Waals surface area contributed by atoms with Gasteiger partial charge in [0.15, 0.2) is 11.9 Å². The minimum Gasteiger partial charge on any atom is -0.480 e. The van der Waals surface area contributed by atoms with Crippen molar-refractivity contribution in [1.82, 2.24) is 20.2 Å². The number of aromatic nitrogens is 4. The van der Waals surface area contributed by atoms with Crippen LogP contribution in [0.1, 0.15) is 13.0 Å². The van der Waals surface area contributed by atoms with Gasteiger partial charge in [0.1, 0.15) is 0 Å². The van der Waals surface area contributed by atoms with Gasteiger partial charge in [0, 0.05) is 4.47 Å². The normalized spacial score (nSPS) is 12.6. The summed E-state index contributed by atoms with van der Waals surface area (Å²) in [4.78, 5) is 11.7. The van der Waals surface area contributed by atoms with Gasteiger partial charge in [-0.2, -0.15) is 0 Å². The fraction of sp³-hybridized carbons (Fsp3) is 0.250. The first-order valence-corrected chi connectivity index (χ1v) is 6.02. The molecule has 0 spiro atoms. The van der Waals surface area contributed by atoms with Crippen LogP contribution in [0.3, 0.4) is 0 Å². The zero-order valence-electron chi connectivity index (χ0n) is 8.16. The molecule has 6 nitrogen and oxygen atoms in total. The number of thiophene rings is 1. The molecule has 0 aliphatic heterocycles. The number of carboxylic acid groups (broad SMARTS) is 1. The van der Waals surface area contributed by atoms with Gasteiger partial charge in [-0.05, 0) is 44.7 Å². The average Bonchev–Trinajstić information content (AvgIpc) is 2.84. The molecule has 0 bridgehead atoms. The van der Waals surface area contributed by atoms with Gasteiger partial charge < -0.3 is 5.11 Å². The van der Waals surface area contributed by atoms with E-state index in [-0.39, 0.29) is 0 Å². The van der Waals surface area contributed by atoms with Crippen molar-refractivity contribution in [2.45, 2.75) is 13.0 Å². The van der Waals surface area contributed by atoms with Crippen molar-refractivity contribution in [3.05, 3.63) is 15.9 Å². The highest BCUT2D eigenvalue weighted by atomic mass is 79.9. The quantitative estimate of drug-likeness (QED) is 0.935. The Morgan fingerprint density at radius 1 is 1.69 bits per heavy atom. The van der Waals surface area contributed by atoms with Crippen LogP contribution in [0.5, 0.6) is 0 Å². The third kappa shape index (κ3) is 1.85. The first-order valence-electron chi connectivity index (χ1n) is 4.35. The van der Waals surface area contributed by atoms with E-state index in [4.69, 9.17) is 5.11 Å². The van der Waals surface area contributed by atoms with Crippen LogP contribution in [0.2, 0.25) is 0 Å². The summed E-state index contributed by atoms with van der Waals surface area (Å²) in [7, 11) is 0. The first kappa shape index (κ1) is 11.2. The maximum Gasteiger partial charge on any atom is 0.328 e. The number of hydrogen-bond acceptors (Lipinski definition) is 5. The summed E-state index contributed by atoms with van der Waals surface area (Å²) in [5.74, 6) is -0.516. The Hall–Kier alpha value is -1.28. The van der Waals surface area contributed by atoms with E-state index < -0.39 is 12.0 Å². The molecule has 0 saturated carbocycles. The second-order valence-corrected chi connectivity index (χ2v) is 4.83. The summed E-state index contributed by atoms with van der Waals surface area (Å²) >= 11 is 4.81. The van der Waals surface area contributed by atoms with E-state index in [0.29, 0.717) is 5.82 Å². The van der Waals surface area contributed by atoms with Crippen molar-refractivity contribution < 1.29 is 9.90 Å². The molecule has 1 unspecified atom stereocenters. The van der Waals surface area contributed by atoms with Gasteiger partial charge in [-0.15, -0.1) is 16.4 Å². The number of rotatable bonds is 3. The highest BCUT2D eigenvalue weighted by Crippen LogP contribution is 2.32. The molecule has 0 radical (unpaired) electrons. The molecule has 0 aromatic carbocycles. The fourth-order valence-corrected chi connectivity index (χ4v) is 2.69. The lowest BCUT2D eigenvalue weighted by Gasteiger charge is -2.07. The van der Waals surface area contributed by atoms with Crippen LogP contribution in [0, 0.1) is 0 Å². The van der Waals surface area contributed by atoms with Gasteiger partial charge in [-0.25, -0.2) is 9.48 Å². The number of tetrazole rings is 1. The molecule has 8 heteroatoms. The molecule has 2 heterocycles. The van der Waals surface area contributed by atoms with Gasteiger partial charge in [0.05, 0.1) is 4.88 Å². The molecule has 2 aromatic heterocycles. The van der Waals surface area contributed by atoms with Crippen molar-refractivity contribution in [2.75, 3.05) is 0 Å². The molecular weight excluding hydrogens is 296 g/mol. The topological polar surface area (TPSA) is 80.9 Å². The molecule has 1 N–H and O–H groups in total. The van der Waals surface area contributed by atoms with Gasteiger partial charge in [0.25, 0.3) is 0 Å². The monoisotopic (exact) mass is 302 g/mol. The molecule has 84 valence electrons. The second-order valence-electron chi connectivity index (χ2n) is 3.06. The van der Waals surface area contributed by atoms with Crippen LogP contribution in [0.25, 0.3) is 10.7 Å². The lowest BCUT2D eigenvalue weighted by atomic mass is 10.3. The van der Waals surface area contributed by atoms with E-state index >= 15 is 0 Å². The van der Waals surface area contributed by atoms with Gasteiger partial charge in [0.2, 0.25) is 0 Å². The standard InChI is InChI=1S/C8H7BrN4O2S/c1-4(8(14)15)13-7(10-11-12-13)6-5(9)2-3-16-6/h2-4H,1H3,(H,14,15). The number of carboxylic acids is 1. The smallest absolute Gasteiger partial charge is 0.328 e. The van der Waals surface area contributed by atoms with Crippen LogP contribution >= 0.6 is 27.3 Å². The van der Waals surface area contributed by atoms with Gasteiger partial charge in [-0.3, -0.25) is 0 Å². The Morgan fingerprint density at radius 3 is 3.00 bits per heavy atom. The highest BCUT2D eigenvalue weighted by molar-refractivity contribution is 9.10. The molecule has 0 amide bonds. The lowest BCUT2D eigenvalue weighted by molar-refractivity contribution is -0.140. The predicted molar refractivity (Wildman–Crippen MR) is 61.2 cm³/mol. The number of carbonyl (C=O) groups is 1. The lowest BCUT2D eigenvalue weighted by Crippen LogP contribution is -2.17. The third-order valence-electron chi connectivity index (χ3n) is 2.04. The summed E-state index contributed by atoms with van der Waals surface area (Å²) in [5, 5.41) is 21.8. The van der Waals surface area contributed by atoms with E-state index in [1.54, 1.807) is 0 Å². The molecule has 0 saturated heterocycles. The Kier molecular flexibility index (Phi) is 3.01. The van der Waals surface area contributed by atoms with Crippen molar-refractivity contribution in [3.63, 3.8) is 0 Å². The van der Waals surface area contributed by atoms with Crippen LogP contribution < -0.4 is 0 Å². The number of aliphatic carboxylic acids is 1. The van der Waals surface area contributed by atoms with Crippen LogP contribution in [0.15, 0.2) is 15.9 Å². The van der Waals surface area contributed by atoms with E-state index in [2.05, 4.69) is 31.5 Å². The minimum absolute atomic E-state index is 0.455. The van der Waals surface area contributed by atoms with Crippen LogP contribution in [-0.4, -0.2) is 31.3 Å². The molecule has 16 heavy (non-hydrogen) atoms. The SMILES string of the molecule is CC(C(=O)O)n1nnnc1-c1sccc1Br. The van der Waals surface area contributed by atoms with E-state index in [1.165, 1.54) is 22.9 Å². The molecule has 0 fully saturated rings. The second kappa shape index (κ2) is 4.30. The maximum atomic E-state index is 10.9. The van der Waals surface area contributed by atoms with E-state index in [0.717, 1.165) is 9.35 Å². The van der Waals surface area contributed by atoms with Gasteiger partial charge >= 0.3 is 5.97 Å². The minimum atomic E-state index is -0.971. The average molecular weight is 303 g/mol. The molecule has 1 atom stereocenters. The first-order chi connectivity index (χ1) is 7.61. The van der Waals surface area contributed by atoms with Crippen molar-refractivity contribution in [3.8, 4) is 10.7 Å². The number of nitrogens with zero attached hydrogens (tertiary/aromatic N) is 4. The molecule has 2 rings (SSSR count). The summed E-state index contributed by atoms with van der Waals surface area (Å²) in [6, 6.07) is 1.07. The Morgan fingerprint density at radius 2 is 2.44 bits per heavy atom. The zero-order chi connectivity index (χ0) is 11.7. The molecule has 2 aromatic rings. The summed E-state index contributed by atoms with van der Waals surface area (Å²) < 4.78 is 2.14. The van der Waals surface area contributed by atoms with E-state index in [9.17, 15) is 4.79 Å². The van der Waals surface area contributed by atoms with E-state index in [1.807, 2.05) is 11.4 Å². The Balaban J connectivity index is 2.48. The van der Waals surface area contributed by atoms with Crippen LogP contribution in [0.4, 0.5) is 0 Å². The predicted octanol–water partition coefficient (Wildman–Crippen LogP) is 1.81. The maximum absolute atomic E-state index is 10.9. The van der Waals surface area contributed by atoms with Crippen molar-refractivity contribution in [2.24, 2.45) is 0 Å². The summed E-state index contributed by atoms with van der Waals surface area (Å²) in [6.45, 7) is 1.53.